The van der Waals surface area contributed by atoms with E-state index >= 15 is 0 Å². The monoisotopic (exact) mass is 760 g/mol. The SMILES string of the molecule is C=C1CCC(N2C(=O)c3ccc(OCCOCCOCCOCCOC4CN(c5ccc(-c6ccc7c8cnccc8n(C)c7c6)cn5)C4)cc3C2=O)C(=O)N1. The van der Waals surface area contributed by atoms with Gasteiger partial charge in [0.2, 0.25) is 5.91 Å². The minimum absolute atomic E-state index is 0.151. The Hall–Kier alpha value is -5.67. The van der Waals surface area contributed by atoms with Crippen LogP contribution in [0.2, 0.25) is 0 Å². The molecule has 5 aromatic rings. The van der Waals surface area contributed by atoms with Gasteiger partial charge in [0.05, 0.1) is 69.0 Å². The number of piperidine rings is 1. The van der Waals surface area contributed by atoms with Crippen molar-refractivity contribution in [2.45, 2.75) is 25.0 Å². The van der Waals surface area contributed by atoms with Gasteiger partial charge in [-0.05, 0) is 60.9 Å². The maximum absolute atomic E-state index is 13.0. The van der Waals surface area contributed by atoms with Crippen molar-refractivity contribution in [3.8, 4) is 16.9 Å². The molecule has 1 N–H and O–H groups in total. The molecule has 0 radical (unpaired) electrons. The molecule has 3 amide bonds. The van der Waals surface area contributed by atoms with Crippen LogP contribution in [-0.4, -0.2) is 115 Å². The minimum atomic E-state index is -0.851. The fraction of sp³-hybridized carbons (Fsp3) is 0.357. The second-order valence-corrected chi connectivity index (χ2v) is 14.0. The van der Waals surface area contributed by atoms with Crippen molar-refractivity contribution in [3.05, 3.63) is 96.6 Å². The van der Waals surface area contributed by atoms with Gasteiger partial charge < -0.3 is 38.5 Å². The quantitative estimate of drug-likeness (QED) is 0.106. The highest BCUT2D eigenvalue weighted by Crippen LogP contribution is 2.33. The first-order valence-electron chi connectivity index (χ1n) is 18.9. The summed E-state index contributed by atoms with van der Waals surface area (Å²) in [6.07, 6.45) is 6.70. The number of nitrogens with one attached hydrogen (secondary N) is 1. The molecule has 0 saturated carbocycles. The minimum Gasteiger partial charge on any atom is -0.491 e. The molecule has 3 aliphatic heterocycles. The molecule has 6 heterocycles. The molecule has 3 aliphatic rings. The number of ether oxygens (including phenoxy) is 5. The Balaban J connectivity index is 0.651. The van der Waals surface area contributed by atoms with Crippen molar-refractivity contribution in [3.63, 3.8) is 0 Å². The van der Waals surface area contributed by atoms with E-state index in [1.165, 1.54) is 22.5 Å². The van der Waals surface area contributed by atoms with Crippen molar-refractivity contribution >= 4 is 45.3 Å². The zero-order valence-electron chi connectivity index (χ0n) is 31.3. The third-order valence-corrected chi connectivity index (χ3v) is 10.4. The number of aromatic nitrogens is 3. The van der Waals surface area contributed by atoms with Gasteiger partial charge >= 0.3 is 0 Å². The maximum Gasteiger partial charge on any atom is 0.262 e. The Kier molecular flexibility index (Phi) is 11.0. The first-order chi connectivity index (χ1) is 27.4. The number of carbonyl (C=O) groups excluding carboxylic acids is 3. The van der Waals surface area contributed by atoms with E-state index in [1.807, 2.05) is 24.7 Å². The average Bonchev–Trinajstić information content (AvgIpc) is 3.62. The van der Waals surface area contributed by atoms with Crippen LogP contribution < -0.4 is 15.0 Å². The second kappa shape index (κ2) is 16.6. The number of fused-ring (bicyclic) bond motifs is 4. The number of carbonyl (C=O) groups is 3. The topological polar surface area (TPSA) is 147 Å². The fourth-order valence-corrected chi connectivity index (χ4v) is 7.36. The van der Waals surface area contributed by atoms with Gasteiger partial charge in [0.25, 0.3) is 11.8 Å². The van der Waals surface area contributed by atoms with Crippen LogP contribution in [0.15, 0.2) is 85.5 Å². The summed E-state index contributed by atoms with van der Waals surface area (Å²) in [6.45, 7) is 8.63. The lowest BCUT2D eigenvalue weighted by Crippen LogP contribution is -2.53. The van der Waals surface area contributed by atoms with E-state index in [2.05, 4.69) is 63.7 Å². The van der Waals surface area contributed by atoms with Crippen LogP contribution in [0, 0.1) is 0 Å². The summed E-state index contributed by atoms with van der Waals surface area (Å²) in [7, 11) is 2.09. The molecule has 0 aliphatic carbocycles. The molecule has 8 rings (SSSR count). The molecule has 2 fully saturated rings. The Morgan fingerprint density at radius 1 is 0.768 bits per heavy atom. The standard InChI is InChI=1S/C42H44N6O8/c1-27-3-9-37(40(49)45-27)48-41(50)33-8-6-30(22-34(33)42(48)51)55-19-17-53-15-13-52-14-16-54-18-20-56-31-25-47(26-31)39-10-5-29(23-44-39)28-4-7-32-35-24-43-12-11-36(35)46(2)38(32)21-28/h4-8,10-12,21-24,31,37H,1,3,9,13-20,25-26H2,2H3,(H,45,49). The first kappa shape index (κ1) is 37.3. The number of imide groups is 1. The van der Waals surface area contributed by atoms with Crippen molar-refractivity contribution in [2.24, 2.45) is 7.05 Å². The third-order valence-electron chi connectivity index (χ3n) is 10.4. The number of amides is 3. The number of hydrogen-bond acceptors (Lipinski definition) is 11. The number of hydrogen-bond donors (Lipinski definition) is 1. The molecule has 3 aromatic heterocycles. The smallest absolute Gasteiger partial charge is 0.262 e. The summed E-state index contributed by atoms with van der Waals surface area (Å²) in [6, 6.07) is 16.6. The van der Waals surface area contributed by atoms with E-state index in [-0.39, 0.29) is 23.8 Å². The van der Waals surface area contributed by atoms with E-state index in [4.69, 9.17) is 28.7 Å². The van der Waals surface area contributed by atoms with Gasteiger partial charge in [-0.3, -0.25) is 24.3 Å². The molecular weight excluding hydrogens is 716 g/mol. The highest BCUT2D eigenvalue weighted by Gasteiger charge is 2.44. The van der Waals surface area contributed by atoms with Gasteiger partial charge in [0.15, 0.2) is 0 Å². The summed E-state index contributed by atoms with van der Waals surface area (Å²) < 4.78 is 30.7. The number of anilines is 1. The molecule has 290 valence electrons. The molecule has 56 heavy (non-hydrogen) atoms. The summed E-state index contributed by atoms with van der Waals surface area (Å²) in [4.78, 5) is 50.6. The summed E-state index contributed by atoms with van der Waals surface area (Å²) in [5.74, 6) is 0.00871. The number of benzene rings is 2. The molecule has 1 atom stereocenters. The highest BCUT2D eigenvalue weighted by molar-refractivity contribution is 6.23. The summed E-state index contributed by atoms with van der Waals surface area (Å²) in [5, 5.41) is 4.99. The normalized spacial score (nSPS) is 17.2. The molecule has 2 aromatic carbocycles. The molecule has 0 bridgehead atoms. The van der Waals surface area contributed by atoms with Crippen LogP contribution in [0.3, 0.4) is 0 Å². The van der Waals surface area contributed by atoms with E-state index in [0.717, 1.165) is 40.3 Å². The van der Waals surface area contributed by atoms with Crippen molar-refractivity contribution in [1.82, 2.24) is 24.8 Å². The van der Waals surface area contributed by atoms with Gasteiger partial charge in [-0.1, -0.05) is 18.7 Å². The van der Waals surface area contributed by atoms with Gasteiger partial charge in [0, 0.05) is 66.3 Å². The van der Waals surface area contributed by atoms with Crippen LogP contribution in [0.4, 0.5) is 5.82 Å². The van der Waals surface area contributed by atoms with Gasteiger partial charge in [-0.2, -0.15) is 0 Å². The number of pyridine rings is 2. The summed E-state index contributed by atoms with van der Waals surface area (Å²) in [5.41, 5.74) is 5.61. The lowest BCUT2D eigenvalue weighted by Gasteiger charge is -2.39. The lowest BCUT2D eigenvalue weighted by atomic mass is 10.0. The molecular formula is C42H44N6O8. The molecule has 14 heteroatoms. The van der Waals surface area contributed by atoms with E-state index in [0.29, 0.717) is 70.5 Å². The van der Waals surface area contributed by atoms with Crippen LogP contribution in [0.1, 0.15) is 33.6 Å². The molecule has 0 spiro atoms. The maximum atomic E-state index is 13.0. The second-order valence-electron chi connectivity index (χ2n) is 14.0. The van der Waals surface area contributed by atoms with Crippen molar-refractivity contribution in [2.75, 3.05) is 70.8 Å². The molecule has 14 nitrogen and oxygen atoms in total. The Bertz CT molecular complexity index is 2270. The van der Waals surface area contributed by atoms with Crippen molar-refractivity contribution in [1.29, 1.82) is 0 Å². The van der Waals surface area contributed by atoms with Gasteiger partial charge in [0.1, 0.15) is 24.2 Å². The average molecular weight is 761 g/mol. The van der Waals surface area contributed by atoms with E-state index < -0.39 is 23.8 Å². The number of nitrogens with zero attached hydrogens (tertiary/aromatic N) is 5. The van der Waals surface area contributed by atoms with Crippen LogP contribution >= 0.6 is 0 Å². The number of rotatable bonds is 17. The number of aryl methyl sites for hydroxylation is 1. The third kappa shape index (κ3) is 7.73. The largest absolute Gasteiger partial charge is 0.491 e. The zero-order valence-corrected chi connectivity index (χ0v) is 31.3. The first-order valence-corrected chi connectivity index (χ1v) is 18.9. The highest BCUT2D eigenvalue weighted by atomic mass is 16.6. The van der Waals surface area contributed by atoms with Gasteiger partial charge in [-0.25, -0.2) is 4.98 Å². The predicted molar refractivity (Wildman–Crippen MR) is 209 cm³/mol. The van der Waals surface area contributed by atoms with E-state index in [9.17, 15) is 14.4 Å². The summed E-state index contributed by atoms with van der Waals surface area (Å²) >= 11 is 0. The Morgan fingerprint density at radius 2 is 1.50 bits per heavy atom. The molecule has 2 saturated heterocycles. The van der Waals surface area contributed by atoms with Crippen LogP contribution in [0.5, 0.6) is 5.75 Å². The fourth-order valence-electron chi connectivity index (χ4n) is 7.36. The predicted octanol–water partition coefficient (Wildman–Crippen LogP) is 4.51. The van der Waals surface area contributed by atoms with E-state index in [1.54, 1.807) is 12.1 Å². The van der Waals surface area contributed by atoms with Crippen LogP contribution in [-0.2, 0) is 30.8 Å². The van der Waals surface area contributed by atoms with Crippen molar-refractivity contribution < 1.29 is 38.1 Å². The lowest BCUT2D eigenvalue weighted by molar-refractivity contribution is -0.125. The Labute approximate surface area is 323 Å². The number of allylic oxidation sites excluding steroid dienone is 1. The zero-order chi connectivity index (χ0) is 38.6. The Morgan fingerprint density at radius 3 is 2.25 bits per heavy atom. The molecule has 1 unspecified atom stereocenters. The van der Waals surface area contributed by atoms with Gasteiger partial charge in [-0.15, -0.1) is 0 Å². The van der Waals surface area contributed by atoms with Crippen LogP contribution in [0.25, 0.3) is 32.9 Å².